The summed E-state index contributed by atoms with van der Waals surface area (Å²) in [6.07, 6.45) is 0.648. The van der Waals surface area contributed by atoms with E-state index in [0.29, 0.717) is 19.6 Å². The fraction of sp³-hybridized carbons (Fsp3) is 0.417. The Kier molecular flexibility index (Phi) is 2.92. The summed E-state index contributed by atoms with van der Waals surface area (Å²) in [7, 11) is 0. The molecule has 0 saturated carbocycles. The number of benzene rings is 1. The Bertz CT molecular complexity index is 382. The minimum Gasteiger partial charge on any atom is -0.481 e. The van der Waals surface area contributed by atoms with Gasteiger partial charge in [-0.15, -0.1) is 0 Å². The average molecular weight is 224 g/mol. The standard InChI is InChI=1S/C12H13FO3/c13-10-3-1-9(2-4-10)12(7-16-8-12)6-5-11(14)15/h1-4H,5-8H2,(H,14,15). The van der Waals surface area contributed by atoms with E-state index in [-0.39, 0.29) is 17.7 Å². The molecule has 0 radical (unpaired) electrons. The smallest absolute Gasteiger partial charge is 0.303 e. The second kappa shape index (κ2) is 4.22. The lowest BCUT2D eigenvalue weighted by Crippen LogP contribution is -2.47. The van der Waals surface area contributed by atoms with E-state index in [9.17, 15) is 9.18 Å². The zero-order chi connectivity index (χ0) is 11.6. The lowest BCUT2D eigenvalue weighted by Gasteiger charge is -2.41. The third-order valence-electron chi connectivity index (χ3n) is 3.03. The number of carboxylic acids is 1. The van der Waals surface area contributed by atoms with Crippen molar-refractivity contribution in [2.75, 3.05) is 13.2 Å². The van der Waals surface area contributed by atoms with E-state index in [0.717, 1.165) is 5.56 Å². The Hall–Kier alpha value is -1.42. The van der Waals surface area contributed by atoms with E-state index >= 15 is 0 Å². The lowest BCUT2D eigenvalue weighted by molar-refractivity contribution is -0.139. The highest BCUT2D eigenvalue weighted by molar-refractivity contribution is 5.67. The highest BCUT2D eigenvalue weighted by atomic mass is 19.1. The molecule has 0 bridgehead atoms. The molecule has 3 nitrogen and oxygen atoms in total. The second-order valence-corrected chi connectivity index (χ2v) is 4.17. The first-order valence-corrected chi connectivity index (χ1v) is 5.18. The van der Waals surface area contributed by atoms with Crippen LogP contribution in [0.4, 0.5) is 4.39 Å². The van der Waals surface area contributed by atoms with Gasteiger partial charge in [-0.05, 0) is 24.1 Å². The normalized spacial score (nSPS) is 17.8. The highest BCUT2D eigenvalue weighted by Gasteiger charge is 2.40. The minimum absolute atomic E-state index is 0.112. The summed E-state index contributed by atoms with van der Waals surface area (Å²) in [5.74, 6) is -1.09. The summed E-state index contributed by atoms with van der Waals surface area (Å²) in [5, 5.41) is 8.69. The van der Waals surface area contributed by atoms with Gasteiger partial charge in [-0.3, -0.25) is 4.79 Å². The van der Waals surface area contributed by atoms with E-state index in [1.807, 2.05) is 0 Å². The van der Waals surface area contributed by atoms with Crippen molar-refractivity contribution in [1.82, 2.24) is 0 Å². The van der Waals surface area contributed by atoms with Crippen LogP contribution in [0, 0.1) is 5.82 Å². The Morgan fingerprint density at radius 3 is 2.44 bits per heavy atom. The molecule has 2 rings (SSSR count). The predicted octanol–water partition coefficient (Wildman–Crippen LogP) is 1.96. The molecule has 1 aliphatic heterocycles. The molecule has 1 aliphatic rings. The van der Waals surface area contributed by atoms with Crippen LogP contribution in [-0.4, -0.2) is 24.3 Å². The van der Waals surface area contributed by atoms with Crippen molar-refractivity contribution in [3.05, 3.63) is 35.6 Å². The van der Waals surface area contributed by atoms with Gasteiger partial charge in [-0.1, -0.05) is 12.1 Å². The summed E-state index contributed by atoms with van der Waals surface area (Å²) in [6.45, 7) is 1.04. The van der Waals surface area contributed by atoms with Gasteiger partial charge in [0.2, 0.25) is 0 Å². The van der Waals surface area contributed by atoms with Crippen molar-refractivity contribution >= 4 is 5.97 Å². The van der Waals surface area contributed by atoms with Gasteiger partial charge in [0.15, 0.2) is 0 Å². The van der Waals surface area contributed by atoms with Crippen LogP contribution in [0.5, 0.6) is 0 Å². The Labute approximate surface area is 92.9 Å². The molecule has 0 atom stereocenters. The average Bonchev–Trinajstić information content (AvgIpc) is 2.18. The summed E-state index contributed by atoms with van der Waals surface area (Å²) < 4.78 is 18.0. The molecular formula is C12H13FO3. The molecule has 0 spiro atoms. The summed E-state index contributed by atoms with van der Waals surface area (Å²) in [4.78, 5) is 10.6. The maximum absolute atomic E-state index is 12.8. The molecule has 4 heteroatoms. The van der Waals surface area contributed by atoms with Gasteiger partial charge < -0.3 is 9.84 Å². The molecule has 1 fully saturated rings. The van der Waals surface area contributed by atoms with E-state index in [1.165, 1.54) is 12.1 Å². The first-order chi connectivity index (χ1) is 7.62. The molecule has 0 aromatic heterocycles. The van der Waals surface area contributed by atoms with Crippen LogP contribution in [0.15, 0.2) is 24.3 Å². The molecule has 1 N–H and O–H groups in total. The molecule has 1 aromatic rings. The molecule has 86 valence electrons. The molecule has 16 heavy (non-hydrogen) atoms. The summed E-state index contributed by atoms with van der Waals surface area (Å²) >= 11 is 0. The van der Waals surface area contributed by atoms with E-state index < -0.39 is 5.97 Å². The third-order valence-corrected chi connectivity index (χ3v) is 3.03. The van der Waals surface area contributed by atoms with Crippen LogP contribution >= 0.6 is 0 Å². The molecule has 1 heterocycles. The number of ether oxygens (including phenoxy) is 1. The first-order valence-electron chi connectivity index (χ1n) is 5.18. The number of carbonyl (C=O) groups is 1. The van der Waals surface area contributed by atoms with Gasteiger partial charge in [0.1, 0.15) is 5.82 Å². The quantitative estimate of drug-likeness (QED) is 0.850. The molecule has 1 aromatic carbocycles. The predicted molar refractivity (Wildman–Crippen MR) is 55.8 cm³/mol. The van der Waals surface area contributed by atoms with Gasteiger partial charge in [-0.2, -0.15) is 0 Å². The number of hydrogen-bond donors (Lipinski definition) is 1. The topological polar surface area (TPSA) is 46.5 Å². The lowest BCUT2D eigenvalue weighted by atomic mass is 9.75. The number of aliphatic carboxylic acids is 1. The van der Waals surface area contributed by atoms with E-state index in [4.69, 9.17) is 9.84 Å². The Morgan fingerprint density at radius 1 is 1.38 bits per heavy atom. The van der Waals surface area contributed by atoms with Crippen LogP contribution in [-0.2, 0) is 14.9 Å². The van der Waals surface area contributed by atoms with E-state index in [1.54, 1.807) is 12.1 Å². The van der Waals surface area contributed by atoms with Gasteiger partial charge in [0, 0.05) is 11.8 Å². The van der Waals surface area contributed by atoms with Crippen molar-refractivity contribution in [2.24, 2.45) is 0 Å². The SMILES string of the molecule is O=C(O)CCC1(c2ccc(F)cc2)COC1. The third kappa shape index (κ3) is 2.07. The summed E-state index contributed by atoms with van der Waals surface area (Å²) in [5.41, 5.74) is 0.730. The van der Waals surface area contributed by atoms with Crippen LogP contribution in [0.3, 0.4) is 0 Å². The summed E-state index contributed by atoms with van der Waals surface area (Å²) in [6, 6.07) is 6.21. The number of hydrogen-bond acceptors (Lipinski definition) is 2. The van der Waals surface area contributed by atoms with Gasteiger partial charge >= 0.3 is 5.97 Å². The molecule has 1 saturated heterocycles. The monoisotopic (exact) mass is 224 g/mol. The van der Waals surface area contributed by atoms with Crippen molar-refractivity contribution in [3.8, 4) is 0 Å². The van der Waals surface area contributed by atoms with Crippen LogP contribution in [0.25, 0.3) is 0 Å². The molecular weight excluding hydrogens is 211 g/mol. The molecule has 0 aliphatic carbocycles. The fourth-order valence-electron chi connectivity index (χ4n) is 1.95. The first kappa shape index (κ1) is 11.1. The van der Waals surface area contributed by atoms with Crippen molar-refractivity contribution in [3.63, 3.8) is 0 Å². The Morgan fingerprint density at radius 2 is 2.00 bits per heavy atom. The van der Waals surface area contributed by atoms with Crippen molar-refractivity contribution in [1.29, 1.82) is 0 Å². The second-order valence-electron chi connectivity index (χ2n) is 4.17. The minimum atomic E-state index is -0.812. The maximum atomic E-state index is 12.8. The zero-order valence-corrected chi connectivity index (χ0v) is 8.78. The largest absolute Gasteiger partial charge is 0.481 e. The highest BCUT2D eigenvalue weighted by Crippen LogP contribution is 2.36. The van der Waals surface area contributed by atoms with Crippen LogP contribution in [0.1, 0.15) is 18.4 Å². The molecule has 0 amide bonds. The van der Waals surface area contributed by atoms with Gasteiger partial charge in [0.05, 0.1) is 13.2 Å². The van der Waals surface area contributed by atoms with Crippen LogP contribution in [0.2, 0.25) is 0 Å². The maximum Gasteiger partial charge on any atom is 0.303 e. The molecule has 0 unspecified atom stereocenters. The zero-order valence-electron chi connectivity index (χ0n) is 8.78. The number of halogens is 1. The number of carboxylic acid groups (broad SMARTS) is 1. The van der Waals surface area contributed by atoms with E-state index in [2.05, 4.69) is 0 Å². The van der Waals surface area contributed by atoms with Crippen LogP contribution < -0.4 is 0 Å². The van der Waals surface area contributed by atoms with Crippen molar-refractivity contribution < 1.29 is 19.0 Å². The Balaban J connectivity index is 2.14. The van der Waals surface area contributed by atoms with Gasteiger partial charge in [-0.25, -0.2) is 4.39 Å². The number of rotatable bonds is 4. The van der Waals surface area contributed by atoms with Crippen molar-refractivity contribution in [2.45, 2.75) is 18.3 Å². The van der Waals surface area contributed by atoms with Gasteiger partial charge in [0.25, 0.3) is 0 Å². The fourth-order valence-corrected chi connectivity index (χ4v) is 1.95.